The fourth-order valence-corrected chi connectivity index (χ4v) is 1.69. The third kappa shape index (κ3) is 2.52. The lowest BCUT2D eigenvalue weighted by Crippen LogP contribution is -2.46. The lowest BCUT2D eigenvalue weighted by Gasteiger charge is -2.31. The molecule has 0 bridgehead atoms. The molecule has 92 valence electrons. The van der Waals surface area contributed by atoms with Crippen LogP contribution in [0.3, 0.4) is 0 Å². The Balaban J connectivity index is 2.16. The average Bonchev–Trinajstić information content (AvgIpc) is 2.33. The first kappa shape index (κ1) is 11.8. The second kappa shape index (κ2) is 4.67. The molecule has 0 spiro atoms. The normalized spacial score (nSPS) is 20.4. The number of carbonyl (C=O) groups is 1. The second-order valence-electron chi connectivity index (χ2n) is 4.04. The molecule has 1 N–H and O–H groups in total. The summed E-state index contributed by atoms with van der Waals surface area (Å²) in [6, 6.07) is 0. The van der Waals surface area contributed by atoms with Crippen LogP contribution in [0.4, 0.5) is 5.82 Å². The summed E-state index contributed by atoms with van der Waals surface area (Å²) in [5.74, 6) is -0.228. The molecule has 2 rings (SSSR count). The minimum atomic E-state index is -0.938. The third-order valence-electron chi connectivity index (χ3n) is 2.85. The van der Waals surface area contributed by atoms with Gasteiger partial charge >= 0.3 is 5.97 Å². The van der Waals surface area contributed by atoms with Crippen LogP contribution in [0.25, 0.3) is 0 Å². The van der Waals surface area contributed by atoms with Crippen LogP contribution >= 0.6 is 0 Å². The first-order chi connectivity index (χ1) is 8.08. The largest absolute Gasteiger partial charge is 0.479 e. The molecule has 6 heteroatoms. The smallest absolute Gasteiger partial charge is 0.334 e. The predicted octanol–water partition coefficient (Wildman–Crippen LogP) is 0.383. The van der Waals surface area contributed by atoms with Crippen molar-refractivity contribution in [2.24, 2.45) is 0 Å². The third-order valence-corrected chi connectivity index (χ3v) is 2.85. The summed E-state index contributed by atoms with van der Waals surface area (Å²) in [4.78, 5) is 21.4. The van der Waals surface area contributed by atoms with Gasteiger partial charge in [-0.3, -0.25) is 4.98 Å². The van der Waals surface area contributed by atoms with Crippen molar-refractivity contribution >= 4 is 11.8 Å². The van der Waals surface area contributed by atoms with Crippen molar-refractivity contribution in [3.8, 4) is 0 Å². The Hall–Kier alpha value is -1.69. The standard InChI is InChI=1S/C11H15N3O3/c1-7-8(2)13-10(5-12-7)14-3-4-17-9(6-14)11(15)16/h5,9H,3-4,6H2,1-2H3,(H,15,16). The van der Waals surface area contributed by atoms with E-state index < -0.39 is 12.1 Å². The van der Waals surface area contributed by atoms with Gasteiger partial charge < -0.3 is 14.7 Å². The summed E-state index contributed by atoms with van der Waals surface area (Å²) in [7, 11) is 0. The van der Waals surface area contributed by atoms with Gasteiger partial charge in [0.25, 0.3) is 0 Å². The van der Waals surface area contributed by atoms with Gasteiger partial charge in [-0.25, -0.2) is 9.78 Å². The van der Waals surface area contributed by atoms with Gasteiger partial charge in [0.1, 0.15) is 5.82 Å². The molecule has 2 heterocycles. The maximum atomic E-state index is 10.9. The van der Waals surface area contributed by atoms with E-state index in [1.807, 2.05) is 18.7 Å². The summed E-state index contributed by atoms with van der Waals surface area (Å²) in [5.41, 5.74) is 1.75. The minimum Gasteiger partial charge on any atom is -0.479 e. The van der Waals surface area contributed by atoms with Crippen molar-refractivity contribution in [1.29, 1.82) is 0 Å². The van der Waals surface area contributed by atoms with Crippen LogP contribution in [-0.2, 0) is 9.53 Å². The van der Waals surface area contributed by atoms with Gasteiger partial charge in [0.05, 0.1) is 30.7 Å². The van der Waals surface area contributed by atoms with Crippen LogP contribution < -0.4 is 4.90 Å². The molecule has 0 aliphatic carbocycles. The van der Waals surface area contributed by atoms with Crippen LogP contribution in [0.5, 0.6) is 0 Å². The van der Waals surface area contributed by atoms with Crippen LogP contribution in [0.15, 0.2) is 6.20 Å². The summed E-state index contributed by atoms with van der Waals surface area (Å²) in [5, 5.41) is 8.91. The van der Waals surface area contributed by atoms with E-state index in [4.69, 9.17) is 9.84 Å². The lowest BCUT2D eigenvalue weighted by molar-refractivity contribution is -0.150. The maximum absolute atomic E-state index is 10.9. The molecule has 0 radical (unpaired) electrons. The molecule has 0 aromatic carbocycles. The van der Waals surface area contributed by atoms with Gasteiger partial charge in [0.2, 0.25) is 0 Å². The van der Waals surface area contributed by atoms with E-state index in [-0.39, 0.29) is 0 Å². The maximum Gasteiger partial charge on any atom is 0.334 e. The number of anilines is 1. The molecule has 17 heavy (non-hydrogen) atoms. The molecular formula is C11H15N3O3. The Morgan fingerprint density at radius 2 is 2.29 bits per heavy atom. The van der Waals surface area contributed by atoms with E-state index in [9.17, 15) is 4.79 Å². The van der Waals surface area contributed by atoms with Gasteiger partial charge in [-0.1, -0.05) is 0 Å². The summed E-state index contributed by atoms with van der Waals surface area (Å²) in [6.45, 7) is 5.13. The van der Waals surface area contributed by atoms with Crippen LogP contribution in [-0.4, -0.2) is 46.8 Å². The highest BCUT2D eigenvalue weighted by atomic mass is 16.5. The fourth-order valence-electron chi connectivity index (χ4n) is 1.69. The van der Waals surface area contributed by atoms with Crippen molar-refractivity contribution < 1.29 is 14.6 Å². The van der Waals surface area contributed by atoms with Gasteiger partial charge in [0.15, 0.2) is 6.10 Å². The molecule has 1 aliphatic heterocycles. The lowest BCUT2D eigenvalue weighted by atomic mass is 10.2. The number of aromatic nitrogens is 2. The Kier molecular flexibility index (Phi) is 3.23. The number of aryl methyl sites for hydroxylation is 2. The van der Waals surface area contributed by atoms with Crippen molar-refractivity contribution in [1.82, 2.24) is 9.97 Å². The predicted molar refractivity (Wildman–Crippen MR) is 61.1 cm³/mol. The van der Waals surface area contributed by atoms with Crippen LogP contribution in [0.2, 0.25) is 0 Å². The molecule has 1 aliphatic rings. The number of aliphatic carboxylic acids is 1. The fraction of sp³-hybridized carbons (Fsp3) is 0.545. The van der Waals surface area contributed by atoms with E-state index in [2.05, 4.69) is 9.97 Å². The molecular weight excluding hydrogens is 222 g/mol. The topological polar surface area (TPSA) is 75.6 Å². The zero-order valence-electron chi connectivity index (χ0n) is 9.88. The van der Waals surface area contributed by atoms with Crippen molar-refractivity contribution in [2.75, 3.05) is 24.6 Å². The number of hydrogen-bond acceptors (Lipinski definition) is 5. The summed E-state index contributed by atoms with van der Waals surface area (Å²) >= 11 is 0. The number of rotatable bonds is 2. The van der Waals surface area contributed by atoms with E-state index >= 15 is 0 Å². The number of carboxylic acid groups (broad SMARTS) is 1. The van der Waals surface area contributed by atoms with Crippen molar-refractivity contribution in [3.63, 3.8) is 0 Å². The molecule has 1 fully saturated rings. The molecule has 1 aromatic heterocycles. The van der Waals surface area contributed by atoms with Crippen molar-refractivity contribution in [2.45, 2.75) is 20.0 Å². The van der Waals surface area contributed by atoms with E-state index in [0.717, 1.165) is 11.4 Å². The Morgan fingerprint density at radius 1 is 1.53 bits per heavy atom. The SMILES string of the molecule is Cc1ncc(N2CCOC(C(=O)O)C2)nc1C. The van der Waals surface area contributed by atoms with E-state index in [0.29, 0.717) is 25.5 Å². The van der Waals surface area contributed by atoms with Gasteiger partial charge in [-0.05, 0) is 13.8 Å². The quantitative estimate of drug-likeness (QED) is 0.801. The monoisotopic (exact) mass is 237 g/mol. The first-order valence-electron chi connectivity index (χ1n) is 5.47. The average molecular weight is 237 g/mol. The molecule has 1 atom stereocenters. The Labute approximate surface area is 99.2 Å². The molecule has 1 aromatic rings. The van der Waals surface area contributed by atoms with Gasteiger partial charge in [-0.2, -0.15) is 0 Å². The molecule has 1 unspecified atom stereocenters. The van der Waals surface area contributed by atoms with Crippen molar-refractivity contribution in [3.05, 3.63) is 17.6 Å². The number of hydrogen-bond donors (Lipinski definition) is 1. The van der Waals surface area contributed by atoms with Gasteiger partial charge in [-0.15, -0.1) is 0 Å². The number of nitrogens with zero attached hydrogens (tertiary/aromatic N) is 3. The second-order valence-corrected chi connectivity index (χ2v) is 4.04. The van der Waals surface area contributed by atoms with Crippen LogP contribution in [0.1, 0.15) is 11.4 Å². The Morgan fingerprint density at radius 3 is 2.94 bits per heavy atom. The highest BCUT2D eigenvalue weighted by Gasteiger charge is 2.27. The van der Waals surface area contributed by atoms with Crippen LogP contribution in [0, 0.1) is 13.8 Å². The Bertz CT molecular complexity index is 436. The highest BCUT2D eigenvalue weighted by Crippen LogP contribution is 2.15. The molecule has 6 nitrogen and oxygen atoms in total. The highest BCUT2D eigenvalue weighted by molar-refractivity contribution is 5.73. The molecule has 1 saturated heterocycles. The number of ether oxygens (including phenoxy) is 1. The zero-order valence-corrected chi connectivity index (χ0v) is 9.88. The summed E-state index contributed by atoms with van der Waals surface area (Å²) < 4.78 is 5.16. The van der Waals surface area contributed by atoms with Gasteiger partial charge in [0, 0.05) is 6.54 Å². The zero-order chi connectivity index (χ0) is 12.4. The minimum absolute atomic E-state index is 0.312. The van der Waals surface area contributed by atoms with E-state index in [1.54, 1.807) is 6.20 Å². The van der Waals surface area contributed by atoms with E-state index in [1.165, 1.54) is 0 Å². The number of morpholine rings is 1. The summed E-state index contributed by atoms with van der Waals surface area (Å²) in [6.07, 6.45) is 0.888. The first-order valence-corrected chi connectivity index (χ1v) is 5.47. The number of carboxylic acids is 1. The molecule has 0 saturated carbocycles. The molecule has 0 amide bonds.